The molecule has 1 aromatic heterocycles. The number of fused-ring (bicyclic) bond motifs is 1. The first-order valence-electron chi connectivity index (χ1n) is 8.03. The van der Waals surface area contributed by atoms with Gasteiger partial charge in [-0.3, -0.25) is 4.79 Å². The molecule has 0 aliphatic rings. The number of hydrogen-bond donors (Lipinski definition) is 1. The topological polar surface area (TPSA) is 29.1 Å². The van der Waals surface area contributed by atoms with Crippen molar-refractivity contribution in [3.63, 3.8) is 0 Å². The number of amides is 1. The van der Waals surface area contributed by atoms with Gasteiger partial charge in [-0.1, -0.05) is 48.5 Å². The molecular formula is C20H21NOS. The summed E-state index contributed by atoms with van der Waals surface area (Å²) in [5, 5.41) is 7.64. The molecule has 0 saturated heterocycles. The molecule has 0 unspecified atom stereocenters. The van der Waals surface area contributed by atoms with Crippen LogP contribution in [-0.4, -0.2) is 5.91 Å². The van der Waals surface area contributed by atoms with Gasteiger partial charge < -0.3 is 5.32 Å². The SMILES string of the molecule is C[C@@H](NC(=O)CCCc1cccs1)c1cccc2ccccc12. The average molecular weight is 323 g/mol. The minimum atomic E-state index is 0.0235. The highest BCUT2D eigenvalue weighted by Crippen LogP contribution is 2.24. The molecular weight excluding hydrogens is 302 g/mol. The van der Waals surface area contributed by atoms with Crippen LogP contribution in [0.3, 0.4) is 0 Å². The zero-order valence-electron chi connectivity index (χ0n) is 13.3. The predicted octanol–water partition coefficient (Wildman–Crippen LogP) is 5.10. The Balaban J connectivity index is 1.59. The first kappa shape index (κ1) is 15.8. The van der Waals surface area contributed by atoms with Crippen molar-refractivity contribution in [1.29, 1.82) is 0 Å². The van der Waals surface area contributed by atoms with Crippen molar-refractivity contribution >= 4 is 28.0 Å². The summed E-state index contributed by atoms with van der Waals surface area (Å²) >= 11 is 1.76. The van der Waals surface area contributed by atoms with Crippen molar-refractivity contribution in [2.45, 2.75) is 32.2 Å². The largest absolute Gasteiger partial charge is 0.350 e. The third-order valence-corrected chi connectivity index (χ3v) is 5.01. The molecule has 1 amide bonds. The Morgan fingerprint density at radius 1 is 1.09 bits per heavy atom. The van der Waals surface area contributed by atoms with E-state index in [-0.39, 0.29) is 11.9 Å². The summed E-state index contributed by atoms with van der Waals surface area (Å²) in [5.41, 5.74) is 1.18. The molecule has 1 heterocycles. The summed E-state index contributed by atoms with van der Waals surface area (Å²) in [4.78, 5) is 13.5. The number of benzene rings is 2. The molecule has 0 bridgehead atoms. The Hall–Kier alpha value is -2.13. The molecule has 1 N–H and O–H groups in total. The zero-order chi connectivity index (χ0) is 16.1. The van der Waals surface area contributed by atoms with Gasteiger partial charge in [-0.25, -0.2) is 0 Å². The van der Waals surface area contributed by atoms with E-state index in [0.717, 1.165) is 12.8 Å². The molecule has 0 spiro atoms. The molecule has 3 aromatic rings. The summed E-state index contributed by atoms with van der Waals surface area (Å²) in [5.74, 6) is 0.127. The fourth-order valence-electron chi connectivity index (χ4n) is 2.90. The highest BCUT2D eigenvalue weighted by molar-refractivity contribution is 7.09. The fourth-order valence-corrected chi connectivity index (χ4v) is 3.65. The predicted molar refractivity (Wildman–Crippen MR) is 97.8 cm³/mol. The van der Waals surface area contributed by atoms with E-state index in [2.05, 4.69) is 60.1 Å². The maximum absolute atomic E-state index is 12.2. The summed E-state index contributed by atoms with van der Waals surface area (Å²) in [6.45, 7) is 2.05. The Kier molecular flexibility index (Phi) is 5.09. The summed E-state index contributed by atoms with van der Waals surface area (Å²) < 4.78 is 0. The molecule has 3 rings (SSSR count). The lowest BCUT2D eigenvalue weighted by molar-refractivity contribution is -0.121. The minimum absolute atomic E-state index is 0.0235. The first-order chi connectivity index (χ1) is 11.2. The van der Waals surface area contributed by atoms with E-state index < -0.39 is 0 Å². The van der Waals surface area contributed by atoms with Crippen molar-refractivity contribution in [3.05, 3.63) is 70.4 Å². The number of carbonyl (C=O) groups is 1. The number of nitrogens with one attached hydrogen (secondary N) is 1. The molecule has 0 aliphatic carbocycles. The number of carbonyl (C=O) groups excluding carboxylic acids is 1. The molecule has 0 saturated carbocycles. The first-order valence-corrected chi connectivity index (χ1v) is 8.91. The van der Waals surface area contributed by atoms with Gasteiger partial charge in [0.25, 0.3) is 0 Å². The maximum atomic E-state index is 12.2. The zero-order valence-corrected chi connectivity index (χ0v) is 14.1. The lowest BCUT2D eigenvalue weighted by atomic mass is 9.99. The highest BCUT2D eigenvalue weighted by Gasteiger charge is 2.12. The van der Waals surface area contributed by atoms with Crippen LogP contribution in [0, 0.1) is 0 Å². The molecule has 2 aromatic carbocycles. The van der Waals surface area contributed by atoms with Crippen molar-refractivity contribution in [2.75, 3.05) is 0 Å². The van der Waals surface area contributed by atoms with Gasteiger partial charge in [-0.2, -0.15) is 0 Å². The van der Waals surface area contributed by atoms with E-state index in [1.807, 2.05) is 12.1 Å². The van der Waals surface area contributed by atoms with E-state index in [0.29, 0.717) is 6.42 Å². The lowest BCUT2D eigenvalue weighted by Gasteiger charge is -2.16. The molecule has 2 nitrogen and oxygen atoms in total. The second kappa shape index (κ2) is 7.42. The van der Waals surface area contributed by atoms with Gasteiger partial charge in [0.2, 0.25) is 5.91 Å². The molecule has 23 heavy (non-hydrogen) atoms. The van der Waals surface area contributed by atoms with Crippen LogP contribution in [0.25, 0.3) is 10.8 Å². The van der Waals surface area contributed by atoms with Crippen LogP contribution in [0.5, 0.6) is 0 Å². The number of hydrogen-bond acceptors (Lipinski definition) is 2. The van der Waals surface area contributed by atoms with Crippen LogP contribution in [0.1, 0.15) is 36.2 Å². The van der Waals surface area contributed by atoms with Crippen molar-refractivity contribution in [1.82, 2.24) is 5.32 Å². The van der Waals surface area contributed by atoms with Crippen molar-refractivity contribution in [2.24, 2.45) is 0 Å². The fraction of sp³-hybridized carbons (Fsp3) is 0.250. The molecule has 118 valence electrons. The summed E-state index contributed by atoms with van der Waals surface area (Å²) in [6, 6.07) is 18.8. The Morgan fingerprint density at radius 2 is 1.91 bits per heavy atom. The highest BCUT2D eigenvalue weighted by atomic mass is 32.1. The molecule has 0 aliphatic heterocycles. The van der Waals surface area contributed by atoms with Crippen LogP contribution in [0.2, 0.25) is 0 Å². The second-order valence-corrected chi connectivity index (χ2v) is 6.82. The van der Waals surface area contributed by atoms with Crippen LogP contribution < -0.4 is 5.32 Å². The van der Waals surface area contributed by atoms with E-state index in [1.54, 1.807) is 11.3 Å². The Bertz CT molecular complexity index is 774. The third kappa shape index (κ3) is 3.99. The number of rotatable bonds is 6. The molecule has 3 heteroatoms. The van der Waals surface area contributed by atoms with Crippen LogP contribution in [-0.2, 0) is 11.2 Å². The normalized spacial score (nSPS) is 12.2. The van der Waals surface area contributed by atoms with Gasteiger partial charge in [0, 0.05) is 11.3 Å². The van der Waals surface area contributed by atoms with Gasteiger partial charge in [0.1, 0.15) is 0 Å². The van der Waals surface area contributed by atoms with Gasteiger partial charge >= 0.3 is 0 Å². The Labute approximate surface area is 141 Å². The van der Waals surface area contributed by atoms with Gasteiger partial charge in [-0.15, -0.1) is 11.3 Å². The van der Waals surface area contributed by atoms with E-state index in [1.165, 1.54) is 21.2 Å². The maximum Gasteiger partial charge on any atom is 0.220 e. The standard InChI is InChI=1S/C20H21NOS/c1-15(18-12-4-8-16-7-2-3-11-19(16)18)21-20(22)13-5-9-17-10-6-14-23-17/h2-4,6-8,10-12,14-15H,5,9,13H2,1H3,(H,21,22)/t15-/m1/s1. The average Bonchev–Trinajstić information content (AvgIpc) is 3.07. The molecule has 0 fully saturated rings. The second-order valence-electron chi connectivity index (χ2n) is 5.79. The monoisotopic (exact) mass is 323 g/mol. The quantitative estimate of drug-likeness (QED) is 0.671. The lowest BCUT2D eigenvalue weighted by Crippen LogP contribution is -2.26. The van der Waals surface area contributed by atoms with E-state index >= 15 is 0 Å². The molecule has 1 atom stereocenters. The third-order valence-electron chi connectivity index (χ3n) is 4.07. The van der Waals surface area contributed by atoms with Crippen molar-refractivity contribution in [3.8, 4) is 0 Å². The summed E-state index contributed by atoms with van der Waals surface area (Å²) in [6.07, 6.45) is 2.45. The summed E-state index contributed by atoms with van der Waals surface area (Å²) in [7, 11) is 0. The van der Waals surface area contributed by atoms with Crippen LogP contribution in [0.15, 0.2) is 60.0 Å². The smallest absolute Gasteiger partial charge is 0.220 e. The van der Waals surface area contributed by atoms with E-state index in [9.17, 15) is 4.79 Å². The van der Waals surface area contributed by atoms with E-state index in [4.69, 9.17) is 0 Å². The van der Waals surface area contributed by atoms with Gasteiger partial charge in [-0.05, 0) is 47.5 Å². The Morgan fingerprint density at radius 3 is 2.74 bits per heavy atom. The van der Waals surface area contributed by atoms with Crippen LogP contribution >= 0.6 is 11.3 Å². The minimum Gasteiger partial charge on any atom is -0.350 e. The van der Waals surface area contributed by atoms with Gasteiger partial charge in [0.15, 0.2) is 0 Å². The molecule has 0 radical (unpaired) electrons. The van der Waals surface area contributed by atoms with Gasteiger partial charge in [0.05, 0.1) is 6.04 Å². The number of aryl methyl sites for hydroxylation is 1. The number of thiophene rings is 1. The van der Waals surface area contributed by atoms with Crippen molar-refractivity contribution < 1.29 is 4.79 Å². The van der Waals surface area contributed by atoms with Crippen LogP contribution in [0.4, 0.5) is 0 Å².